The fourth-order valence-electron chi connectivity index (χ4n) is 5.33. The van der Waals surface area contributed by atoms with E-state index in [-0.39, 0.29) is 29.8 Å². The zero-order valence-electron chi connectivity index (χ0n) is 13.8. The van der Waals surface area contributed by atoms with E-state index in [0.29, 0.717) is 0 Å². The van der Waals surface area contributed by atoms with Crippen molar-refractivity contribution in [3.8, 4) is 11.8 Å². The molecule has 4 bridgehead atoms. The Hall–Kier alpha value is -2.05. The SMILES string of the molecule is COc1cc(OCC(=O)NC23CC4CC(CC(C4)C2)C3)nc(=O)[nH]1. The lowest BCUT2D eigenvalue weighted by Gasteiger charge is -2.56. The minimum Gasteiger partial charge on any atom is -0.482 e. The molecule has 5 rings (SSSR count). The first-order valence-electron chi connectivity index (χ1n) is 8.63. The molecular weight excluding hydrogens is 310 g/mol. The van der Waals surface area contributed by atoms with Crippen LogP contribution < -0.4 is 20.5 Å². The van der Waals surface area contributed by atoms with E-state index < -0.39 is 5.69 Å². The number of nitrogens with zero attached hydrogens (tertiary/aromatic N) is 1. The maximum Gasteiger partial charge on any atom is 0.351 e. The van der Waals surface area contributed by atoms with E-state index in [9.17, 15) is 9.59 Å². The summed E-state index contributed by atoms with van der Waals surface area (Å²) in [4.78, 5) is 29.9. The van der Waals surface area contributed by atoms with Crippen molar-refractivity contribution in [1.82, 2.24) is 15.3 Å². The molecule has 2 N–H and O–H groups in total. The van der Waals surface area contributed by atoms with Gasteiger partial charge in [0, 0.05) is 5.54 Å². The number of amides is 1. The molecule has 0 saturated heterocycles. The topological polar surface area (TPSA) is 93.3 Å². The number of H-pyrrole nitrogens is 1. The van der Waals surface area contributed by atoms with Gasteiger partial charge in [0.1, 0.15) is 0 Å². The number of hydrogen-bond acceptors (Lipinski definition) is 5. The summed E-state index contributed by atoms with van der Waals surface area (Å²) in [6.45, 7) is -0.138. The van der Waals surface area contributed by atoms with Gasteiger partial charge in [-0.2, -0.15) is 4.98 Å². The van der Waals surface area contributed by atoms with Crippen molar-refractivity contribution in [3.63, 3.8) is 0 Å². The van der Waals surface area contributed by atoms with Crippen molar-refractivity contribution < 1.29 is 14.3 Å². The number of methoxy groups -OCH3 is 1. The number of ether oxygens (including phenoxy) is 2. The van der Waals surface area contributed by atoms with Crippen molar-refractivity contribution in [1.29, 1.82) is 0 Å². The van der Waals surface area contributed by atoms with Crippen molar-refractivity contribution >= 4 is 5.91 Å². The van der Waals surface area contributed by atoms with Crippen LogP contribution in [0.5, 0.6) is 11.8 Å². The Labute approximate surface area is 140 Å². The Kier molecular flexibility index (Phi) is 3.73. The van der Waals surface area contributed by atoms with E-state index in [4.69, 9.17) is 9.47 Å². The third kappa shape index (κ3) is 2.99. The van der Waals surface area contributed by atoms with Crippen molar-refractivity contribution in [3.05, 3.63) is 16.6 Å². The summed E-state index contributed by atoms with van der Waals surface area (Å²) >= 11 is 0. The van der Waals surface area contributed by atoms with Crippen LogP contribution in [-0.4, -0.2) is 35.1 Å². The molecule has 0 aromatic carbocycles. The fourth-order valence-corrected chi connectivity index (χ4v) is 5.33. The van der Waals surface area contributed by atoms with Crippen LogP contribution in [0.15, 0.2) is 10.9 Å². The Morgan fingerprint density at radius 3 is 2.50 bits per heavy atom. The van der Waals surface area contributed by atoms with Crippen LogP contribution in [0.25, 0.3) is 0 Å². The molecule has 0 atom stereocenters. The number of rotatable bonds is 5. The summed E-state index contributed by atoms with van der Waals surface area (Å²) in [5.41, 5.74) is -0.597. The zero-order chi connectivity index (χ0) is 16.7. The van der Waals surface area contributed by atoms with E-state index >= 15 is 0 Å². The first-order valence-corrected chi connectivity index (χ1v) is 8.63. The first-order chi connectivity index (χ1) is 11.5. The van der Waals surface area contributed by atoms with Crippen LogP contribution in [0.2, 0.25) is 0 Å². The highest BCUT2D eigenvalue weighted by Gasteiger charge is 2.51. The number of nitrogens with one attached hydrogen (secondary N) is 2. The van der Waals surface area contributed by atoms with Gasteiger partial charge < -0.3 is 14.8 Å². The minimum atomic E-state index is -0.564. The van der Waals surface area contributed by atoms with E-state index in [1.165, 1.54) is 32.4 Å². The van der Waals surface area contributed by atoms with Gasteiger partial charge >= 0.3 is 5.69 Å². The first kappa shape index (κ1) is 15.5. The van der Waals surface area contributed by atoms with E-state index in [0.717, 1.165) is 37.0 Å². The molecule has 4 fully saturated rings. The second-order valence-corrected chi connectivity index (χ2v) is 7.63. The number of carbonyl (C=O) groups is 1. The molecule has 1 aromatic rings. The summed E-state index contributed by atoms with van der Waals surface area (Å²) < 4.78 is 10.3. The van der Waals surface area contributed by atoms with Crippen LogP contribution in [0, 0.1) is 17.8 Å². The lowest BCUT2D eigenvalue weighted by molar-refractivity contribution is -0.128. The molecule has 24 heavy (non-hydrogen) atoms. The van der Waals surface area contributed by atoms with Crippen LogP contribution in [-0.2, 0) is 4.79 Å². The average Bonchev–Trinajstić information content (AvgIpc) is 2.50. The van der Waals surface area contributed by atoms with Crippen molar-refractivity contribution in [2.75, 3.05) is 13.7 Å². The van der Waals surface area contributed by atoms with Gasteiger partial charge in [0.2, 0.25) is 5.88 Å². The molecule has 4 aliphatic carbocycles. The molecule has 130 valence electrons. The molecule has 7 nitrogen and oxygen atoms in total. The average molecular weight is 333 g/mol. The fraction of sp³-hybridized carbons (Fsp3) is 0.706. The highest BCUT2D eigenvalue weighted by molar-refractivity contribution is 5.78. The van der Waals surface area contributed by atoms with Gasteiger partial charge in [-0.1, -0.05) is 0 Å². The molecule has 1 heterocycles. The van der Waals surface area contributed by atoms with Crippen molar-refractivity contribution in [2.45, 2.75) is 44.1 Å². The van der Waals surface area contributed by atoms with Crippen LogP contribution in [0.1, 0.15) is 38.5 Å². The highest BCUT2D eigenvalue weighted by Crippen LogP contribution is 2.55. The summed E-state index contributed by atoms with van der Waals surface area (Å²) in [5.74, 6) is 2.53. The highest BCUT2D eigenvalue weighted by atomic mass is 16.5. The van der Waals surface area contributed by atoms with Crippen LogP contribution >= 0.6 is 0 Å². The molecule has 0 radical (unpaired) electrons. The molecular formula is C17H23N3O4. The summed E-state index contributed by atoms with van der Waals surface area (Å²) in [7, 11) is 1.44. The van der Waals surface area contributed by atoms with E-state index in [1.54, 1.807) is 0 Å². The third-order valence-corrected chi connectivity index (χ3v) is 5.71. The molecule has 0 unspecified atom stereocenters. The van der Waals surface area contributed by atoms with Gasteiger partial charge in [-0.15, -0.1) is 0 Å². The lowest BCUT2D eigenvalue weighted by atomic mass is 9.53. The molecule has 1 aromatic heterocycles. The van der Waals surface area contributed by atoms with Crippen LogP contribution in [0.4, 0.5) is 0 Å². The molecule has 0 spiro atoms. The largest absolute Gasteiger partial charge is 0.482 e. The van der Waals surface area contributed by atoms with E-state index in [2.05, 4.69) is 15.3 Å². The molecule has 1 amide bonds. The van der Waals surface area contributed by atoms with E-state index in [1.807, 2.05) is 0 Å². The summed E-state index contributed by atoms with van der Waals surface area (Å²) in [6.07, 6.45) is 7.30. The molecule has 0 aliphatic heterocycles. The maximum atomic E-state index is 12.4. The third-order valence-electron chi connectivity index (χ3n) is 5.71. The van der Waals surface area contributed by atoms with Gasteiger partial charge in [0.05, 0.1) is 13.2 Å². The summed E-state index contributed by atoms with van der Waals surface area (Å²) in [5, 5.41) is 3.23. The van der Waals surface area contributed by atoms with Gasteiger partial charge in [-0.25, -0.2) is 4.79 Å². The van der Waals surface area contributed by atoms with Gasteiger partial charge in [0.25, 0.3) is 5.91 Å². The van der Waals surface area contributed by atoms with Crippen molar-refractivity contribution in [2.24, 2.45) is 17.8 Å². The molecule has 7 heteroatoms. The number of hydrogen-bond donors (Lipinski definition) is 2. The Morgan fingerprint density at radius 2 is 1.92 bits per heavy atom. The number of carbonyl (C=O) groups excluding carboxylic acids is 1. The molecule has 4 saturated carbocycles. The monoisotopic (exact) mass is 333 g/mol. The maximum absolute atomic E-state index is 12.4. The predicted molar refractivity (Wildman–Crippen MR) is 86.0 cm³/mol. The Balaban J connectivity index is 1.37. The number of aromatic nitrogens is 2. The zero-order valence-corrected chi connectivity index (χ0v) is 13.8. The van der Waals surface area contributed by atoms with Gasteiger partial charge in [-0.3, -0.25) is 9.78 Å². The standard InChI is InChI=1S/C17H23N3O4/c1-23-14-5-15(19-16(22)18-14)24-9-13(21)20-17-6-10-2-11(7-17)4-12(3-10)8-17/h5,10-12H,2-4,6-9H2,1H3,(H,20,21)(H,18,19,22). The minimum absolute atomic E-state index is 0.0333. The quantitative estimate of drug-likeness (QED) is 0.846. The molecule has 4 aliphatic rings. The smallest absolute Gasteiger partial charge is 0.351 e. The van der Waals surface area contributed by atoms with Gasteiger partial charge in [-0.05, 0) is 56.3 Å². The second kappa shape index (κ2) is 5.79. The Bertz CT molecular complexity index is 664. The summed E-state index contributed by atoms with van der Waals surface area (Å²) in [6, 6.07) is 1.46. The normalized spacial score (nSPS) is 33.3. The predicted octanol–water partition coefficient (Wildman–Crippen LogP) is 1.24. The van der Waals surface area contributed by atoms with Crippen LogP contribution in [0.3, 0.4) is 0 Å². The Morgan fingerprint density at radius 1 is 1.29 bits per heavy atom. The number of aromatic amines is 1. The van der Waals surface area contributed by atoms with Gasteiger partial charge in [0.15, 0.2) is 12.5 Å². The second-order valence-electron chi connectivity index (χ2n) is 7.63. The lowest BCUT2D eigenvalue weighted by Crippen LogP contribution is -2.60.